The van der Waals surface area contributed by atoms with E-state index in [-0.39, 0.29) is 0 Å². The fourth-order valence-corrected chi connectivity index (χ4v) is 2.79. The Labute approximate surface area is 137 Å². The first kappa shape index (κ1) is 15.9. The molecule has 0 aliphatic rings. The first-order chi connectivity index (χ1) is 9.43. The van der Waals surface area contributed by atoms with Crippen molar-refractivity contribution >= 4 is 43.5 Å². The Morgan fingerprint density at radius 1 is 1.05 bits per heavy atom. The summed E-state index contributed by atoms with van der Waals surface area (Å²) in [5, 5.41) is 3.29. The second-order valence-corrected chi connectivity index (χ2v) is 6.35. The van der Waals surface area contributed by atoms with Crippen LogP contribution in [0.3, 0.4) is 0 Å². The van der Waals surface area contributed by atoms with Gasteiger partial charge in [-0.25, -0.2) is 8.78 Å². The Kier molecular flexibility index (Phi) is 5.18. The summed E-state index contributed by atoms with van der Waals surface area (Å²) < 4.78 is 29.2. The molecule has 0 radical (unpaired) electrons. The Bertz CT molecular complexity index is 649. The van der Waals surface area contributed by atoms with Gasteiger partial charge in [0.1, 0.15) is 11.6 Å². The molecule has 0 saturated carbocycles. The summed E-state index contributed by atoms with van der Waals surface area (Å²) in [4.78, 5) is 0. The van der Waals surface area contributed by atoms with Crippen LogP contribution in [-0.4, -0.2) is 7.05 Å². The van der Waals surface area contributed by atoms with Crippen molar-refractivity contribution in [3.8, 4) is 0 Å². The summed E-state index contributed by atoms with van der Waals surface area (Å²) in [5.41, 5.74) is 0.648. The van der Waals surface area contributed by atoms with Gasteiger partial charge in [0.15, 0.2) is 0 Å². The molecule has 0 spiro atoms. The third-order valence-corrected chi connectivity index (χ3v) is 4.60. The van der Waals surface area contributed by atoms with Crippen molar-refractivity contribution in [3.63, 3.8) is 0 Å². The average Bonchev–Trinajstić information content (AvgIpc) is 2.38. The van der Waals surface area contributed by atoms with Gasteiger partial charge in [0, 0.05) is 20.1 Å². The van der Waals surface area contributed by atoms with Gasteiger partial charge in [-0.1, -0.05) is 33.6 Å². The molecule has 0 heterocycles. The van der Waals surface area contributed by atoms with Gasteiger partial charge >= 0.3 is 0 Å². The second-order valence-electron chi connectivity index (χ2n) is 4.18. The van der Waals surface area contributed by atoms with Gasteiger partial charge in [-0.2, -0.15) is 0 Å². The maximum Gasteiger partial charge on any atom is 0.129 e. The molecule has 20 heavy (non-hydrogen) atoms. The van der Waals surface area contributed by atoms with Crippen LogP contribution in [0.1, 0.15) is 17.2 Å². The summed E-state index contributed by atoms with van der Waals surface area (Å²) in [7, 11) is 1.64. The van der Waals surface area contributed by atoms with Crippen molar-refractivity contribution in [2.24, 2.45) is 0 Å². The number of halogens is 5. The third-order valence-electron chi connectivity index (χ3n) is 2.91. The van der Waals surface area contributed by atoms with Gasteiger partial charge in [0.25, 0.3) is 0 Å². The van der Waals surface area contributed by atoms with Gasteiger partial charge in [0.05, 0.1) is 11.1 Å². The van der Waals surface area contributed by atoms with Crippen LogP contribution in [0, 0.1) is 11.6 Å². The van der Waals surface area contributed by atoms with E-state index in [0.717, 1.165) is 0 Å². The van der Waals surface area contributed by atoms with E-state index in [2.05, 4.69) is 37.2 Å². The molecule has 0 aliphatic heterocycles. The lowest BCUT2D eigenvalue weighted by Crippen LogP contribution is -2.20. The SMILES string of the molecule is CNC(c1ccc(Br)cc1F)c1cc(Cl)c(Br)cc1F. The molecule has 0 aromatic heterocycles. The van der Waals surface area contributed by atoms with E-state index in [1.807, 2.05) is 0 Å². The van der Waals surface area contributed by atoms with Crippen molar-refractivity contribution in [1.29, 1.82) is 0 Å². The van der Waals surface area contributed by atoms with E-state index in [9.17, 15) is 8.78 Å². The van der Waals surface area contributed by atoms with Gasteiger partial charge < -0.3 is 5.32 Å². The van der Waals surface area contributed by atoms with Crippen molar-refractivity contribution in [1.82, 2.24) is 5.32 Å². The molecule has 0 bridgehead atoms. The number of nitrogens with one attached hydrogen (secondary N) is 1. The first-order valence-corrected chi connectivity index (χ1v) is 7.67. The predicted octanol–water partition coefficient (Wildman–Crippen LogP) is 5.45. The van der Waals surface area contributed by atoms with Gasteiger partial charge in [-0.05, 0) is 47.2 Å². The molecule has 1 unspecified atom stereocenters. The molecule has 0 amide bonds. The molecule has 1 N–H and O–H groups in total. The topological polar surface area (TPSA) is 12.0 Å². The number of benzene rings is 2. The largest absolute Gasteiger partial charge is 0.309 e. The standard InChI is InChI=1S/C14H10Br2ClF2N/c1-20-14(8-3-2-7(15)4-12(8)18)9-5-11(17)10(16)6-13(9)19/h2-6,14,20H,1H3. The average molecular weight is 425 g/mol. The van der Waals surface area contributed by atoms with Crippen molar-refractivity contribution in [3.05, 3.63) is 67.1 Å². The lowest BCUT2D eigenvalue weighted by Gasteiger charge is -2.19. The highest BCUT2D eigenvalue weighted by atomic mass is 79.9. The van der Waals surface area contributed by atoms with Crippen LogP contribution in [0.5, 0.6) is 0 Å². The Morgan fingerprint density at radius 3 is 2.30 bits per heavy atom. The zero-order valence-electron chi connectivity index (χ0n) is 10.4. The predicted molar refractivity (Wildman–Crippen MR) is 84.1 cm³/mol. The number of hydrogen-bond donors (Lipinski definition) is 1. The molecular weight excluding hydrogens is 415 g/mol. The summed E-state index contributed by atoms with van der Waals surface area (Å²) >= 11 is 12.4. The molecule has 106 valence electrons. The van der Waals surface area contributed by atoms with Crippen LogP contribution in [0.4, 0.5) is 8.78 Å². The minimum absolute atomic E-state index is 0.293. The maximum absolute atomic E-state index is 14.1. The molecule has 2 aromatic rings. The van der Waals surface area contributed by atoms with Gasteiger partial charge in [-0.15, -0.1) is 0 Å². The van der Waals surface area contributed by atoms with Gasteiger partial charge in [-0.3, -0.25) is 0 Å². The highest BCUT2D eigenvalue weighted by Crippen LogP contribution is 2.33. The molecule has 1 atom stereocenters. The van der Waals surface area contributed by atoms with Crippen LogP contribution in [0.15, 0.2) is 39.3 Å². The minimum atomic E-state index is -0.617. The number of rotatable bonds is 3. The van der Waals surface area contributed by atoms with Crippen LogP contribution in [0.2, 0.25) is 5.02 Å². The van der Waals surface area contributed by atoms with Crippen molar-refractivity contribution in [2.75, 3.05) is 7.05 Å². The summed E-state index contributed by atoms with van der Waals surface area (Å²) in [6.07, 6.45) is 0. The molecule has 1 nitrogen and oxygen atoms in total. The molecular formula is C14H10Br2ClF2N. The normalized spacial score (nSPS) is 12.5. The summed E-state index contributed by atoms with van der Waals surface area (Å²) in [5.74, 6) is -0.875. The van der Waals surface area contributed by atoms with E-state index in [4.69, 9.17) is 11.6 Å². The lowest BCUT2D eigenvalue weighted by molar-refractivity contribution is 0.546. The highest BCUT2D eigenvalue weighted by Gasteiger charge is 2.21. The zero-order valence-corrected chi connectivity index (χ0v) is 14.3. The van der Waals surface area contributed by atoms with E-state index in [1.54, 1.807) is 19.2 Å². The van der Waals surface area contributed by atoms with Crippen LogP contribution < -0.4 is 5.32 Å². The molecule has 2 aromatic carbocycles. The van der Waals surface area contributed by atoms with E-state index < -0.39 is 17.7 Å². The van der Waals surface area contributed by atoms with E-state index >= 15 is 0 Å². The maximum atomic E-state index is 14.1. The molecule has 0 fully saturated rings. The van der Waals surface area contributed by atoms with E-state index in [1.165, 1.54) is 18.2 Å². The number of hydrogen-bond acceptors (Lipinski definition) is 1. The van der Waals surface area contributed by atoms with Crippen LogP contribution in [0.25, 0.3) is 0 Å². The van der Waals surface area contributed by atoms with Crippen molar-refractivity contribution in [2.45, 2.75) is 6.04 Å². The Hall–Kier alpha value is -0.490. The van der Waals surface area contributed by atoms with Crippen LogP contribution >= 0.6 is 43.5 Å². The van der Waals surface area contributed by atoms with Crippen LogP contribution in [-0.2, 0) is 0 Å². The molecule has 0 aliphatic carbocycles. The minimum Gasteiger partial charge on any atom is -0.309 e. The second kappa shape index (κ2) is 6.52. The molecule has 6 heteroatoms. The monoisotopic (exact) mass is 423 g/mol. The fourth-order valence-electron chi connectivity index (χ4n) is 1.97. The third kappa shape index (κ3) is 3.22. The summed E-state index contributed by atoms with van der Waals surface area (Å²) in [6.45, 7) is 0. The van der Waals surface area contributed by atoms with E-state index in [0.29, 0.717) is 25.1 Å². The fraction of sp³-hybridized carbons (Fsp3) is 0.143. The zero-order chi connectivity index (χ0) is 14.9. The van der Waals surface area contributed by atoms with Crippen molar-refractivity contribution < 1.29 is 8.78 Å². The lowest BCUT2D eigenvalue weighted by atomic mass is 9.98. The Morgan fingerprint density at radius 2 is 1.70 bits per heavy atom. The molecule has 0 saturated heterocycles. The molecule has 2 rings (SSSR count). The highest BCUT2D eigenvalue weighted by molar-refractivity contribution is 9.10. The first-order valence-electron chi connectivity index (χ1n) is 5.70. The van der Waals surface area contributed by atoms with Gasteiger partial charge in [0.2, 0.25) is 0 Å². The Balaban J connectivity index is 2.55. The quantitative estimate of drug-likeness (QED) is 0.645. The smallest absolute Gasteiger partial charge is 0.129 e. The summed E-state index contributed by atoms with van der Waals surface area (Å²) in [6, 6.07) is 6.81.